The Balaban J connectivity index is 1.36. The summed E-state index contributed by atoms with van der Waals surface area (Å²) in [6.07, 6.45) is 9.21. The third kappa shape index (κ3) is 3.39. The maximum Gasteiger partial charge on any atom is 0.257 e. The highest BCUT2D eigenvalue weighted by molar-refractivity contribution is 5.95. The summed E-state index contributed by atoms with van der Waals surface area (Å²) in [6, 6.07) is 9.50. The molecule has 0 saturated heterocycles. The van der Waals surface area contributed by atoms with Gasteiger partial charge in [0.05, 0.1) is 7.11 Å². The molecule has 0 aliphatic heterocycles. The highest BCUT2D eigenvalue weighted by atomic mass is 16.5. The minimum absolute atomic E-state index is 0.186. The molecule has 1 aromatic heterocycles. The van der Waals surface area contributed by atoms with Crippen molar-refractivity contribution < 1.29 is 9.53 Å². The third-order valence-electron chi connectivity index (χ3n) is 8.06. The average molecular weight is 433 g/mol. The molecule has 5 rings (SSSR count). The van der Waals surface area contributed by atoms with Gasteiger partial charge in [-0.2, -0.15) is 0 Å². The second kappa shape index (κ2) is 7.95. The van der Waals surface area contributed by atoms with E-state index in [0.717, 1.165) is 29.1 Å². The van der Waals surface area contributed by atoms with E-state index in [1.165, 1.54) is 12.8 Å². The van der Waals surface area contributed by atoms with Crippen molar-refractivity contribution >= 4 is 5.91 Å². The predicted molar refractivity (Wildman–Crippen MR) is 125 cm³/mol. The number of hydrogen-bond acceptors (Lipinski definition) is 3. The van der Waals surface area contributed by atoms with Gasteiger partial charge < -0.3 is 14.6 Å². The zero-order valence-corrected chi connectivity index (χ0v) is 19.2. The van der Waals surface area contributed by atoms with E-state index in [4.69, 9.17) is 4.74 Å². The number of nitrogens with zero attached hydrogens (tertiary/aromatic N) is 1. The Bertz CT molecular complexity index is 1120. The standard InChI is InChI=1S/C27H32N2O3/c1-4-23-25(26(31)28-15-19-14-20-7-10-22(19)27(20)11-12-27)24(30)13-17(2)29(23)16-18-5-8-21(32-3)9-6-18/h5-10,13,19-20,22H,4,11-12,14-16H2,1-3H3,(H,28,31)/t19-,20+,22+/m1/s1. The van der Waals surface area contributed by atoms with Crippen molar-refractivity contribution in [2.75, 3.05) is 13.7 Å². The fourth-order valence-corrected chi connectivity index (χ4v) is 6.24. The van der Waals surface area contributed by atoms with Crippen LogP contribution in [-0.2, 0) is 13.0 Å². The molecule has 0 radical (unpaired) electrons. The van der Waals surface area contributed by atoms with Crippen LogP contribution in [0.15, 0.2) is 47.3 Å². The van der Waals surface area contributed by atoms with E-state index in [9.17, 15) is 9.59 Å². The fraction of sp³-hybridized carbons (Fsp3) is 0.481. The Morgan fingerprint density at radius 2 is 1.97 bits per heavy atom. The number of aromatic nitrogens is 1. The van der Waals surface area contributed by atoms with E-state index in [-0.39, 0.29) is 11.3 Å². The first-order valence-electron chi connectivity index (χ1n) is 11.8. The van der Waals surface area contributed by atoms with Crippen LogP contribution >= 0.6 is 0 Å². The Morgan fingerprint density at radius 3 is 2.59 bits per heavy atom. The van der Waals surface area contributed by atoms with Crippen LogP contribution < -0.4 is 15.5 Å². The normalized spacial score (nSPS) is 24.2. The molecule has 2 bridgehead atoms. The van der Waals surface area contributed by atoms with Gasteiger partial charge in [0.25, 0.3) is 5.91 Å². The number of ether oxygens (including phenoxy) is 1. The van der Waals surface area contributed by atoms with Crippen molar-refractivity contribution in [2.24, 2.45) is 23.2 Å². The van der Waals surface area contributed by atoms with Gasteiger partial charge in [0.1, 0.15) is 11.3 Å². The van der Waals surface area contributed by atoms with Crippen LogP contribution in [0.3, 0.4) is 0 Å². The monoisotopic (exact) mass is 432 g/mol. The first kappa shape index (κ1) is 21.0. The maximum atomic E-state index is 13.2. The quantitative estimate of drug-likeness (QED) is 0.670. The van der Waals surface area contributed by atoms with Gasteiger partial charge in [-0.15, -0.1) is 0 Å². The van der Waals surface area contributed by atoms with Crippen molar-refractivity contribution in [2.45, 2.75) is 46.1 Å². The predicted octanol–water partition coefficient (Wildman–Crippen LogP) is 4.11. The van der Waals surface area contributed by atoms with Gasteiger partial charge >= 0.3 is 0 Å². The maximum absolute atomic E-state index is 13.2. The zero-order chi connectivity index (χ0) is 22.5. The van der Waals surface area contributed by atoms with Crippen molar-refractivity contribution in [3.05, 3.63) is 75.2 Å². The third-order valence-corrected chi connectivity index (χ3v) is 8.06. The number of aryl methyl sites for hydroxylation is 1. The van der Waals surface area contributed by atoms with E-state index < -0.39 is 0 Å². The lowest BCUT2D eigenvalue weighted by atomic mass is 9.89. The van der Waals surface area contributed by atoms with Gasteiger partial charge in [0.15, 0.2) is 5.43 Å². The van der Waals surface area contributed by atoms with Crippen molar-refractivity contribution in [3.8, 4) is 5.75 Å². The molecule has 3 aliphatic carbocycles. The van der Waals surface area contributed by atoms with Crippen molar-refractivity contribution in [1.82, 2.24) is 9.88 Å². The number of carbonyl (C=O) groups excluding carboxylic acids is 1. The Kier molecular flexibility index (Phi) is 5.23. The molecule has 168 valence electrons. The molecule has 2 fully saturated rings. The molecule has 1 amide bonds. The van der Waals surface area contributed by atoms with Crippen molar-refractivity contribution in [3.63, 3.8) is 0 Å². The van der Waals surface area contributed by atoms with Gasteiger partial charge in [-0.25, -0.2) is 0 Å². The van der Waals surface area contributed by atoms with Crippen LogP contribution in [0.5, 0.6) is 5.75 Å². The summed E-state index contributed by atoms with van der Waals surface area (Å²) in [4.78, 5) is 26.1. The molecule has 2 aromatic rings. The molecule has 1 N–H and O–H groups in total. The van der Waals surface area contributed by atoms with Crippen LogP contribution in [0.2, 0.25) is 0 Å². The SMILES string of the molecule is CCc1c(C(=O)NC[C@H]2C[C@@H]3C=C[C@@H]2C32CC2)c(=O)cc(C)n1Cc1ccc(OC)cc1. The number of hydrogen-bond donors (Lipinski definition) is 1. The molecule has 1 aromatic carbocycles. The highest BCUT2D eigenvalue weighted by Gasteiger charge is 2.62. The van der Waals surface area contributed by atoms with Crippen LogP contribution in [0, 0.1) is 30.1 Å². The van der Waals surface area contributed by atoms with Crippen LogP contribution in [0.4, 0.5) is 0 Å². The summed E-state index contributed by atoms with van der Waals surface area (Å²) in [5.74, 6) is 2.37. The summed E-state index contributed by atoms with van der Waals surface area (Å²) < 4.78 is 7.35. The number of allylic oxidation sites excluding steroid dienone is 2. The van der Waals surface area contributed by atoms with E-state index in [1.54, 1.807) is 13.2 Å². The molecule has 3 aliphatic rings. The molecule has 32 heavy (non-hydrogen) atoms. The Hall–Kier alpha value is -2.82. The van der Waals surface area contributed by atoms with Gasteiger partial charge in [-0.05, 0) is 73.5 Å². The minimum Gasteiger partial charge on any atom is -0.497 e. The van der Waals surface area contributed by atoms with Gasteiger partial charge in [0.2, 0.25) is 0 Å². The van der Waals surface area contributed by atoms with Crippen LogP contribution in [0.25, 0.3) is 0 Å². The van der Waals surface area contributed by atoms with Gasteiger partial charge in [-0.1, -0.05) is 31.2 Å². The number of methoxy groups -OCH3 is 1. The number of carbonyl (C=O) groups is 1. The minimum atomic E-state index is -0.230. The van der Waals surface area contributed by atoms with Crippen LogP contribution in [0.1, 0.15) is 53.5 Å². The summed E-state index contributed by atoms with van der Waals surface area (Å²) in [5, 5.41) is 3.13. The topological polar surface area (TPSA) is 60.3 Å². The number of rotatable bonds is 7. The number of nitrogens with one attached hydrogen (secondary N) is 1. The van der Waals surface area contributed by atoms with E-state index in [1.807, 2.05) is 38.1 Å². The summed E-state index contributed by atoms with van der Waals surface area (Å²) in [5.41, 5.74) is 3.39. The number of amides is 1. The lowest BCUT2D eigenvalue weighted by molar-refractivity contribution is 0.0941. The largest absolute Gasteiger partial charge is 0.497 e. The van der Waals surface area contributed by atoms with Gasteiger partial charge in [0, 0.05) is 30.5 Å². The zero-order valence-electron chi connectivity index (χ0n) is 19.2. The van der Waals surface area contributed by atoms with E-state index in [0.29, 0.717) is 48.2 Å². The highest BCUT2D eigenvalue weighted by Crippen LogP contribution is 2.69. The lowest BCUT2D eigenvalue weighted by Crippen LogP contribution is -2.36. The lowest BCUT2D eigenvalue weighted by Gasteiger charge is -2.22. The molecule has 1 spiro atoms. The number of pyridine rings is 1. The smallest absolute Gasteiger partial charge is 0.257 e. The molecular weight excluding hydrogens is 400 g/mol. The molecule has 5 heteroatoms. The fourth-order valence-electron chi connectivity index (χ4n) is 6.24. The first-order valence-corrected chi connectivity index (χ1v) is 11.8. The molecule has 5 nitrogen and oxygen atoms in total. The van der Waals surface area contributed by atoms with Crippen LogP contribution in [-0.4, -0.2) is 24.1 Å². The average Bonchev–Trinajstić information content (AvgIpc) is 3.46. The van der Waals surface area contributed by atoms with E-state index in [2.05, 4.69) is 22.0 Å². The second-order valence-electron chi connectivity index (χ2n) is 9.72. The van der Waals surface area contributed by atoms with Gasteiger partial charge in [-0.3, -0.25) is 9.59 Å². The Labute approximate surface area is 189 Å². The molecule has 2 saturated carbocycles. The molecule has 0 unspecified atom stereocenters. The Morgan fingerprint density at radius 1 is 1.22 bits per heavy atom. The first-order chi connectivity index (χ1) is 15.5. The summed E-state index contributed by atoms with van der Waals surface area (Å²) >= 11 is 0. The summed E-state index contributed by atoms with van der Waals surface area (Å²) in [6.45, 7) is 5.20. The number of benzene rings is 1. The second-order valence-corrected chi connectivity index (χ2v) is 9.72. The molecule has 1 heterocycles. The van der Waals surface area contributed by atoms with Crippen molar-refractivity contribution in [1.29, 1.82) is 0 Å². The molecule has 3 atom stereocenters. The summed E-state index contributed by atoms with van der Waals surface area (Å²) in [7, 11) is 1.65. The van der Waals surface area contributed by atoms with E-state index >= 15 is 0 Å². The molecular formula is C27H32N2O3.